The summed E-state index contributed by atoms with van der Waals surface area (Å²) in [5.41, 5.74) is 0.337. The fourth-order valence-electron chi connectivity index (χ4n) is 1.62. The van der Waals surface area contributed by atoms with Crippen molar-refractivity contribution in [2.45, 2.75) is 19.6 Å². The highest BCUT2D eigenvalue weighted by atomic mass is 19.2. The zero-order valence-corrected chi connectivity index (χ0v) is 9.57. The van der Waals surface area contributed by atoms with Crippen molar-refractivity contribution in [1.29, 1.82) is 0 Å². The van der Waals surface area contributed by atoms with Gasteiger partial charge in [-0.05, 0) is 24.6 Å². The average molecular weight is 256 g/mol. The van der Waals surface area contributed by atoms with Crippen molar-refractivity contribution < 1.29 is 18.3 Å². The maximum Gasteiger partial charge on any atom is 0.194 e. The van der Waals surface area contributed by atoms with E-state index in [9.17, 15) is 18.3 Å². The van der Waals surface area contributed by atoms with Gasteiger partial charge in [-0.15, -0.1) is 0 Å². The fraction of sp³-hybridized carbons (Fsp3) is 0.250. The summed E-state index contributed by atoms with van der Waals surface area (Å²) in [6.07, 6.45) is 1.71. The molecule has 0 aliphatic rings. The van der Waals surface area contributed by atoms with Gasteiger partial charge in [0, 0.05) is 18.3 Å². The van der Waals surface area contributed by atoms with Gasteiger partial charge in [-0.3, -0.25) is 4.68 Å². The smallest absolute Gasteiger partial charge is 0.194 e. The van der Waals surface area contributed by atoms with Crippen LogP contribution in [-0.2, 0) is 6.54 Å². The second kappa shape index (κ2) is 4.81. The summed E-state index contributed by atoms with van der Waals surface area (Å²) in [5.74, 6) is -4.20. The molecule has 0 aliphatic heterocycles. The molecule has 0 spiro atoms. The van der Waals surface area contributed by atoms with Gasteiger partial charge < -0.3 is 5.11 Å². The Bertz CT molecular complexity index is 545. The molecule has 0 amide bonds. The van der Waals surface area contributed by atoms with E-state index >= 15 is 0 Å². The van der Waals surface area contributed by atoms with E-state index < -0.39 is 23.6 Å². The van der Waals surface area contributed by atoms with Crippen LogP contribution in [0.1, 0.15) is 24.2 Å². The van der Waals surface area contributed by atoms with Gasteiger partial charge in [-0.25, -0.2) is 13.2 Å². The van der Waals surface area contributed by atoms with E-state index in [0.717, 1.165) is 12.1 Å². The molecule has 1 N–H and O–H groups in total. The first-order valence-electron chi connectivity index (χ1n) is 5.37. The van der Waals surface area contributed by atoms with Crippen molar-refractivity contribution >= 4 is 0 Å². The van der Waals surface area contributed by atoms with Gasteiger partial charge in [0.2, 0.25) is 0 Å². The molecular weight excluding hydrogens is 245 g/mol. The van der Waals surface area contributed by atoms with Crippen LogP contribution in [-0.4, -0.2) is 14.9 Å². The number of rotatable bonds is 3. The minimum Gasteiger partial charge on any atom is -0.384 e. The first-order valence-corrected chi connectivity index (χ1v) is 5.37. The van der Waals surface area contributed by atoms with E-state index in [0.29, 0.717) is 12.1 Å². The van der Waals surface area contributed by atoms with Crippen molar-refractivity contribution in [1.82, 2.24) is 9.78 Å². The number of aliphatic hydroxyl groups excluding tert-OH is 1. The predicted molar refractivity (Wildman–Crippen MR) is 58.3 cm³/mol. The Balaban J connectivity index is 2.36. The lowest BCUT2D eigenvalue weighted by Crippen LogP contribution is -2.02. The molecule has 2 aromatic rings. The Kier molecular flexibility index (Phi) is 3.38. The average Bonchev–Trinajstić information content (AvgIpc) is 2.83. The lowest BCUT2D eigenvalue weighted by molar-refractivity contribution is 0.218. The first-order chi connectivity index (χ1) is 8.52. The summed E-state index contributed by atoms with van der Waals surface area (Å²) in [5, 5.41) is 13.9. The van der Waals surface area contributed by atoms with Gasteiger partial charge in [0.25, 0.3) is 0 Å². The standard InChI is InChI=1S/C12H11F3N2O/c1-2-17-6-8(5-16-17)12(18)7-3-9(13)11(15)10(14)4-7/h3-6,12,18H,2H2,1H3. The van der Waals surface area contributed by atoms with Crippen LogP contribution in [0.3, 0.4) is 0 Å². The third-order valence-electron chi connectivity index (χ3n) is 2.61. The molecular formula is C12H11F3N2O. The van der Waals surface area contributed by atoms with Gasteiger partial charge >= 0.3 is 0 Å². The summed E-state index contributed by atoms with van der Waals surface area (Å²) in [7, 11) is 0. The minimum absolute atomic E-state index is 0.0537. The number of aromatic nitrogens is 2. The number of aryl methyl sites for hydroxylation is 1. The second-order valence-corrected chi connectivity index (χ2v) is 3.83. The van der Waals surface area contributed by atoms with Gasteiger partial charge in [0.05, 0.1) is 6.20 Å². The van der Waals surface area contributed by atoms with E-state index in [1.807, 2.05) is 6.92 Å². The van der Waals surface area contributed by atoms with Crippen LogP contribution in [0.4, 0.5) is 13.2 Å². The summed E-state index contributed by atoms with van der Waals surface area (Å²) >= 11 is 0. The molecule has 3 nitrogen and oxygen atoms in total. The number of hydrogen-bond acceptors (Lipinski definition) is 2. The summed E-state index contributed by atoms with van der Waals surface area (Å²) in [6.45, 7) is 2.47. The number of benzene rings is 1. The SMILES string of the molecule is CCn1cc(C(O)c2cc(F)c(F)c(F)c2)cn1. The van der Waals surface area contributed by atoms with Crippen LogP contribution in [0.2, 0.25) is 0 Å². The van der Waals surface area contributed by atoms with Crippen molar-refractivity contribution in [2.75, 3.05) is 0 Å². The summed E-state index contributed by atoms with van der Waals surface area (Å²) in [6, 6.07) is 1.54. The molecule has 1 aromatic heterocycles. The van der Waals surface area contributed by atoms with Crippen molar-refractivity contribution in [3.05, 3.63) is 53.1 Å². The predicted octanol–water partition coefficient (Wildman–Crippen LogP) is 2.40. The quantitative estimate of drug-likeness (QED) is 0.856. The Morgan fingerprint density at radius 2 is 1.83 bits per heavy atom. The largest absolute Gasteiger partial charge is 0.384 e. The number of hydrogen-bond donors (Lipinski definition) is 1. The molecule has 1 atom stereocenters. The van der Waals surface area contributed by atoms with Gasteiger partial charge in [0.15, 0.2) is 17.5 Å². The van der Waals surface area contributed by atoms with Gasteiger partial charge in [-0.2, -0.15) is 5.10 Å². The highest BCUT2D eigenvalue weighted by Crippen LogP contribution is 2.24. The first kappa shape index (κ1) is 12.6. The Hall–Kier alpha value is -1.82. The maximum atomic E-state index is 13.0. The molecule has 0 saturated carbocycles. The van der Waals surface area contributed by atoms with Crippen molar-refractivity contribution in [3.8, 4) is 0 Å². The number of halogens is 3. The molecule has 1 unspecified atom stereocenters. The zero-order valence-electron chi connectivity index (χ0n) is 9.57. The molecule has 0 radical (unpaired) electrons. The van der Waals surface area contributed by atoms with Crippen molar-refractivity contribution in [3.63, 3.8) is 0 Å². The Morgan fingerprint density at radius 3 is 2.33 bits per heavy atom. The maximum absolute atomic E-state index is 13.0. The molecule has 6 heteroatoms. The molecule has 1 aromatic carbocycles. The van der Waals surface area contributed by atoms with E-state index in [-0.39, 0.29) is 5.56 Å². The summed E-state index contributed by atoms with van der Waals surface area (Å²) < 4.78 is 40.4. The number of aliphatic hydroxyl groups is 1. The number of nitrogens with zero attached hydrogens (tertiary/aromatic N) is 2. The lowest BCUT2D eigenvalue weighted by atomic mass is 10.0. The van der Waals surface area contributed by atoms with Crippen LogP contribution in [0.5, 0.6) is 0 Å². The zero-order chi connectivity index (χ0) is 13.3. The van der Waals surface area contributed by atoms with Crippen molar-refractivity contribution in [2.24, 2.45) is 0 Å². The van der Waals surface area contributed by atoms with Crippen LogP contribution >= 0.6 is 0 Å². The molecule has 2 rings (SSSR count). The molecule has 0 aliphatic carbocycles. The van der Waals surface area contributed by atoms with Crippen LogP contribution in [0, 0.1) is 17.5 Å². The van der Waals surface area contributed by atoms with Crippen LogP contribution in [0.15, 0.2) is 24.5 Å². The Morgan fingerprint density at radius 1 is 1.22 bits per heavy atom. The van der Waals surface area contributed by atoms with E-state index in [1.165, 1.54) is 6.20 Å². The molecule has 1 heterocycles. The van der Waals surface area contributed by atoms with Gasteiger partial charge in [0.1, 0.15) is 6.10 Å². The molecule has 96 valence electrons. The molecule has 0 fully saturated rings. The Labute approximate surface area is 101 Å². The lowest BCUT2D eigenvalue weighted by Gasteiger charge is -2.09. The highest BCUT2D eigenvalue weighted by Gasteiger charge is 2.18. The second-order valence-electron chi connectivity index (χ2n) is 3.83. The minimum atomic E-state index is -1.55. The summed E-state index contributed by atoms with van der Waals surface area (Å²) in [4.78, 5) is 0. The van der Waals surface area contributed by atoms with E-state index in [1.54, 1.807) is 10.9 Å². The normalized spacial score (nSPS) is 12.7. The van der Waals surface area contributed by atoms with Crippen LogP contribution in [0.25, 0.3) is 0 Å². The van der Waals surface area contributed by atoms with E-state index in [4.69, 9.17) is 0 Å². The van der Waals surface area contributed by atoms with Gasteiger partial charge in [-0.1, -0.05) is 0 Å². The molecule has 18 heavy (non-hydrogen) atoms. The molecule has 0 saturated heterocycles. The topological polar surface area (TPSA) is 38.0 Å². The monoisotopic (exact) mass is 256 g/mol. The molecule has 0 bridgehead atoms. The highest BCUT2D eigenvalue weighted by molar-refractivity contribution is 5.28. The van der Waals surface area contributed by atoms with E-state index in [2.05, 4.69) is 5.10 Å². The third kappa shape index (κ3) is 2.24. The third-order valence-corrected chi connectivity index (χ3v) is 2.61. The fourth-order valence-corrected chi connectivity index (χ4v) is 1.62. The van der Waals surface area contributed by atoms with Crippen LogP contribution < -0.4 is 0 Å².